The molecule has 2 amide bonds. The normalized spacial score (nSPS) is 16.6. The van der Waals surface area contributed by atoms with Gasteiger partial charge < -0.3 is 20.1 Å². The number of nitrogens with one attached hydrogen (secondary N) is 2. The molecule has 1 aromatic carbocycles. The van der Waals surface area contributed by atoms with Crippen molar-refractivity contribution < 1.29 is 14.3 Å². The van der Waals surface area contributed by atoms with E-state index in [4.69, 9.17) is 9.47 Å². The van der Waals surface area contributed by atoms with E-state index in [0.717, 1.165) is 38.4 Å². The molecule has 2 N–H and O–H groups in total. The van der Waals surface area contributed by atoms with Crippen LogP contribution in [-0.4, -0.2) is 57.0 Å². The molecule has 1 atom stereocenters. The molecule has 0 radical (unpaired) electrons. The molecule has 0 saturated carbocycles. The Hall–Kier alpha value is -1.63. The minimum absolute atomic E-state index is 0.180. The van der Waals surface area contributed by atoms with Crippen LogP contribution in [0, 0.1) is 0 Å². The van der Waals surface area contributed by atoms with E-state index in [0.29, 0.717) is 25.8 Å². The summed E-state index contributed by atoms with van der Waals surface area (Å²) in [5.74, 6) is 0. The molecule has 0 aliphatic carbocycles. The number of nitrogens with zero attached hydrogens (tertiary/aromatic N) is 1. The van der Waals surface area contributed by atoms with Gasteiger partial charge in [-0.1, -0.05) is 12.1 Å². The Kier molecular flexibility index (Phi) is 8.01. The predicted molar refractivity (Wildman–Crippen MR) is 95.4 cm³/mol. The molecule has 1 aliphatic rings. The van der Waals surface area contributed by atoms with Gasteiger partial charge in [0.2, 0.25) is 0 Å². The lowest BCUT2D eigenvalue weighted by atomic mass is 10.1. The van der Waals surface area contributed by atoms with Crippen LogP contribution in [0.15, 0.2) is 24.3 Å². The second-order valence-corrected chi connectivity index (χ2v) is 5.88. The molecule has 24 heavy (non-hydrogen) atoms. The molecule has 2 rings (SSSR count). The van der Waals surface area contributed by atoms with Gasteiger partial charge in [0.15, 0.2) is 0 Å². The van der Waals surface area contributed by atoms with Gasteiger partial charge in [0.05, 0.1) is 13.2 Å². The smallest absolute Gasteiger partial charge is 0.319 e. The van der Waals surface area contributed by atoms with Crippen molar-refractivity contribution in [1.82, 2.24) is 10.2 Å². The average molecular weight is 335 g/mol. The van der Waals surface area contributed by atoms with Gasteiger partial charge >= 0.3 is 6.03 Å². The molecule has 1 heterocycles. The lowest BCUT2D eigenvalue weighted by Gasteiger charge is -2.32. The molecular weight excluding hydrogens is 306 g/mol. The highest BCUT2D eigenvalue weighted by Crippen LogP contribution is 2.22. The summed E-state index contributed by atoms with van der Waals surface area (Å²) in [6, 6.07) is 8.23. The highest BCUT2D eigenvalue weighted by Gasteiger charge is 2.18. The van der Waals surface area contributed by atoms with Gasteiger partial charge in [-0.2, -0.15) is 0 Å². The molecule has 1 aliphatic heterocycles. The van der Waals surface area contributed by atoms with Crippen molar-refractivity contribution in [3.05, 3.63) is 29.8 Å². The fourth-order valence-electron chi connectivity index (χ4n) is 2.72. The van der Waals surface area contributed by atoms with Crippen molar-refractivity contribution in [3.63, 3.8) is 0 Å². The van der Waals surface area contributed by atoms with Crippen molar-refractivity contribution in [2.75, 3.05) is 51.4 Å². The number of amides is 2. The lowest BCUT2D eigenvalue weighted by Crippen LogP contribution is -2.38. The first kappa shape index (κ1) is 18.7. The van der Waals surface area contributed by atoms with Crippen LogP contribution in [0.25, 0.3) is 0 Å². The monoisotopic (exact) mass is 335 g/mol. The number of carbonyl (C=O) groups excluding carboxylic acids is 1. The van der Waals surface area contributed by atoms with Gasteiger partial charge in [0.25, 0.3) is 0 Å². The van der Waals surface area contributed by atoms with E-state index in [2.05, 4.69) is 34.6 Å². The van der Waals surface area contributed by atoms with E-state index < -0.39 is 0 Å². The first-order valence-corrected chi connectivity index (χ1v) is 8.75. The zero-order valence-electron chi connectivity index (χ0n) is 14.7. The molecule has 1 aromatic rings. The summed E-state index contributed by atoms with van der Waals surface area (Å²) >= 11 is 0. The Balaban J connectivity index is 1.75. The van der Waals surface area contributed by atoms with Crippen molar-refractivity contribution in [2.45, 2.75) is 26.3 Å². The van der Waals surface area contributed by atoms with Gasteiger partial charge in [0.1, 0.15) is 0 Å². The summed E-state index contributed by atoms with van der Waals surface area (Å²) in [5, 5.41) is 5.68. The Morgan fingerprint density at radius 2 is 2.00 bits per heavy atom. The van der Waals surface area contributed by atoms with E-state index in [9.17, 15) is 4.79 Å². The fourth-order valence-corrected chi connectivity index (χ4v) is 2.72. The number of urea groups is 1. The first-order valence-electron chi connectivity index (χ1n) is 8.75. The summed E-state index contributed by atoms with van der Waals surface area (Å²) in [4.78, 5) is 14.2. The topological polar surface area (TPSA) is 62.8 Å². The number of rotatable bonds is 8. The quantitative estimate of drug-likeness (QED) is 0.717. The van der Waals surface area contributed by atoms with Gasteiger partial charge in [0, 0.05) is 44.6 Å². The Morgan fingerprint density at radius 1 is 1.29 bits per heavy atom. The second-order valence-electron chi connectivity index (χ2n) is 5.88. The predicted octanol–water partition coefficient (Wildman–Crippen LogP) is 2.63. The standard InChI is InChI=1S/C18H29N3O3/c1-3-23-12-4-9-19-18(22)20-17-7-5-16(6-8-17)15(2)21-10-13-24-14-11-21/h5-8,15H,3-4,9-14H2,1-2H3,(H2,19,20,22). The van der Waals surface area contributed by atoms with E-state index in [1.165, 1.54) is 5.56 Å². The number of anilines is 1. The molecule has 6 nitrogen and oxygen atoms in total. The number of ether oxygens (including phenoxy) is 2. The van der Waals surface area contributed by atoms with Crippen LogP contribution in [0.4, 0.5) is 10.5 Å². The maximum Gasteiger partial charge on any atom is 0.319 e. The minimum Gasteiger partial charge on any atom is -0.382 e. The molecule has 0 spiro atoms. The second kappa shape index (κ2) is 10.3. The van der Waals surface area contributed by atoms with Crippen LogP contribution < -0.4 is 10.6 Å². The summed E-state index contributed by atoms with van der Waals surface area (Å²) < 4.78 is 10.6. The molecule has 134 valence electrons. The van der Waals surface area contributed by atoms with Crippen LogP contribution >= 0.6 is 0 Å². The maximum atomic E-state index is 11.8. The third kappa shape index (κ3) is 6.11. The average Bonchev–Trinajstić information content (AvgIpc) is 2.62. The van der Waals surface area contributed by atoms with Gasteiger partial charge in [-0.25, -0.2) is 4.79 Å². The Labute approximate surface area is 144 Å². The summed E-state index contributed by atoms with van der Waals surface area (Å²) in [6.45, 7) is 9.68. The largest absolute Gasteiger partial charge is 0.382 e. The number of hydrogen-bond acceptors (Lipinski definition) is 4. The van der Waals surface area contributed by atoms with Crippen LogP contribution in [-0.2, 0) is 9.47 Å². The van der Waals surface area contributed by atoms with E-state index in [-0.39, 0.29) is 6.03 Å². The molecule has 6 heteroatoms. The number of morpholine rings is 1. The molecular formula is C18H29N3O3. The fraction of sp³-hybridized carbons (Fsp3) is 0.611. The number of hydrogen-bond donors (Lipinski definition) is 2. The highest BCUT2D eigenvalue weighted by molar-refractivity contribution is 5.89. The number of carbonyl (C=O) groups is 1. The minimum atomic E-state index is -0.180. The van der Waals surface area contributed by atoms with E-state index in [1.54, 1.807) is 0 Å². The van der Waals surface area contributed by atoms with E-state index in [1.807, 2.05) is 19.1 Å². The number of benzene rings is 1. The summed E-state index contributed by atoms with van der Waals surface area (Å²) in [5.41, 5.74) is 2.05. The van der Waals surface area contributed by atoms with Crippen molar-refractivity contribution in [3.8, 4) is 0 Å². The van der Waals surface area contributed by atoms with Crippen molar-refractivity contribution >= 4 is 11.7 Å². The third-order valence-corrected chi connectivity index (χ3v) is 4.20. The molecule has 1 saturated heterocycles. The zero-order valence-corrected chi connectivity index (χ0v) is 14.7. The van der Waals surface area contributed by atoms with Gasteiger partial charge in [-0.05, 0) is 38.0 Å². The Bertz CT molecular complexity index is 487. The lowest BCUT2D eigenvalue weighted by molar-refractivity contribution is 0.0198. The van der Waals surface area contributed by atoms with Gasteiger partial charge in [-0.15, -0.1) is 0 Å². The van der Waals surface area contributed by atoms with Gasteiger partial charge in [-0.3, -0.25) is 4.90 Å². The van der Waals surface area contributed by atoms with Crippen LogP contribution in [0.3, 0.4) is 0 Å². The van der Waals surface area contributed by atoms with Crippen molar-refractivity contribution in [2.24, 2.45) is 0 Å². The maximum absolute atomic E-state index is 11.8. The first-order chi connectivity index (χ1) is 11.7. The summed E-state index contributed by atoms with van der Waals surface area (Å²) in [6.07, 6.45) is 0.817. The highest BCUT2D eigenvalue weighted by atomic mass is 16.5. The third-order valence-electron chi connectivity index (χ3n) is 4.20. The molecule has 1 fully saturated rings. The Morgan fingerprint density at radius 3 is 2.67 bits per heavy atom. The molecule has 0 bridgehead atoms. The molecule has 0 aromatic heterocycles. The summed E-state index contributed by atoms with van der Waals surface area (Å²) in [7, 11) is 0. The molecule has 1 unspecified atom stereocenters. The van der Waals surface area contributed by atoms with Crippen LogP contribution in [0.1, 0.15) is 31.9 Å². The van der Waals surface area contributed by atoms with Crippen LogP contribution in [0.2, 0.25) is 0 Å². The van der Waals surface area contributed by atoms with Crippen molar-refractivity contribution in [1.29, 1.82) is 0 Å². The SMILES string of the molecule is CCOCCCNC(=O)Nc1ccc(C(C)N2CCOCC2)cc1. The zero-order chi connectivity index (χ0) is 17.2. The van der Waals surface area contributed by atoms with Crippen LogP contribution in [0.5, 0.6) is 0 Å². The van der Waals surface area contributed by atoms with E-state index >= 15 is 0 Å².